The van der Waals surface area contributed by atoms with Crippen molar-refractivity contribution in [2.45, 2.75) is 31.2 Å². The summed E-state index contributed by atoms with van der Waals surface area (Å²) in [4.78, 5) is 1.34. The van der Waals surface area contributed by atoms with Crippen LogP contribution in [0.15, 0.2) is 29.2 Å². The Morgan fingerprint density at radius 1 is 1.33 bits per heavy atom. The number of nitrogens with one attached hydrogen (secondary N) is 1. The molecule has 0 aliphatic rings. The number of rotatable bonds is 6. The van der Waals surface area contributed by atoms with Crippen molar-refractivity contribution in [1.82, 2.24) is 15.1 Å². The molecular weight excluding hydrogens is 302 g/mol. The smallest absolute Gasteiger partial charge is 0.0847 e. The molecule has 1 aromatic carbocycles. The number of hydrogen-bond acceptors (Lipinski definition) is 3. The predicted octanol–water partition coefficient (Wildman–Crippen LogP) is 3.61. The summed E-state index contributed by atoms with van der Waals surface area (Å²) in [5.74, 6) is 1.00. The third-order valence-corrected chi connectivity index (χ3v) is 5.47. The maximum Gasteiger partial charge on any atom is 0.0847 e. The van der Waals surface area contributed by atoms with Gasteiger partial charge in [-0.1, -0.05) is 29.8 Å². The summed E-state index contributed by atoms with van der Waals surface area (Å²) in [6.07, 6.45) is 0.881. The number of benzene rings is 1. The van der Waals surface area contributed by atoms with Crippen LogP contribution in [0, 0.1) is 13.8 Å². The van der Waals surface area contributed by atoms with Crippen molar-refractivity contribution in [3.8, 4) is 0 Å². The minimum Gasteiger partial charge on any atom is -0.316 e. The molecule has 5 heteroatoms. The van der Waals surface area contributed by atoms with Crippen molar-refractivity contribution < 1.29 is 0 Å². The Balaban J connectivity index is 2.02. The molecule has 0 amide bonds. The molecule has 21 heavy (non-hydrogen) atoms. The van der Waals surface area contributed by atoms with Crippen molar-refractivity contribution in [1.29, 1.82) is 0 Å². The van der Waals surface area contributed by atoms with Crippen LogP contribution in [0.5, 0.6) is 0 Å². The second kappa shape index (κ2) is 7.34. The van der Waals surface area contributed by atoms with E-state index in [1.165, 1.54) is 10.5 Å². The number of aryl methyl sites for hydroxylation is 3. The minimum absolute atomic E-state index is 0.363. The largest absolute Gasteiger partial charge is 0.316 e. The summed E-state index contributed by atoms with van der Waals surface area (Å²) in [7, 11) is 3.95. The average Bonchev–Trinajstić information content (AvgIpc) is 2.70. The minimum atomic E-state index is 0.363. The van der Waals surface area contributed by atoms with Crippen molar-refractivity contribution in [2.75, 3.05) is 12.8 Å². The Kier molecular flexibility index (Phi) is 5.73. The summed E-state index contributed by atoms with van der Waals surface area (Å²) in [6, 6.07) is 8.85. The van der Waals surface area contributed by atoms with Crippen molar-refractivity contribution in [2.24, 2.45) is 7.05 Å². The normalized spacial score (nSPS) is 12.6. The molecule has 0 radical (unpaired) electrons. The van der Waals surface area contributed by atoms with Gasteiger partial charge in [0.15, 0.2) is 0 Å². The molecule has 114 valence electrons. The summed E-state index contributed by atoms with van der Waals surface area (Å²) in [5, 5.41) is 8.55. The average molecular weight is 324 g/mol. The lowest BCUT2D eigenvalue weighted by molar-refractivity contribution is 0.582. The number of nitrogens with zero attached hydrogens (tertiary/aromatic N) is 2. The Bertz CT molecular complexity index is 610. The maximum atomic E-state index is 6.34. The fraction of sp³-hybridized carbons (Fsp3) is 0.438. The molecular formula is C16H22ClN3S. The van der Waals surface area contributed by atoms with E-state index in [0.29, 0.717) is 6.04 Å². The standard InChI is InChI=1S/C16H22ClN3S/c1-11-7-5-6-8-15(11)21-10-13(18-3)9-14-16(17)12(2)19-20(14)4/h5-8,13,18H,9-10H2,1-4H3. The molecule has 0 saturated heterocycles. The van der Waals surface area contributed by atoms with Gasteiger partial charge in [-0.05, 0) is 32.5 Å². The molecule has 2 aromatic rings. The summed E-state index contributed by atoms with van der Waals surface area (Å²) >= 11 is 8.22. The first kappa shape index (κ1) is 16.4. The number of thioether (sulfide) groups is 1. The van der Waals surface area contributed by atoms with Crippen LogP contribution >= 0.6 is 23.4 Å². The third kappa shape index (κ3) is 4.02. The van der Waals surface area contributed by atoms with Gasteiger partial charge in [0.1, 0.15) is 0 Å². The molecule has 3 nitrogen and oxygen atoms in total. The highest BCUT2D eigenvalue weighted by Gasteiger charge is 2.16. The molecule has 1 aromatic heterocycles. The van der Waals surface area contributed by atoms with Gasteiger partial charge in [-0.15, -0.1) is 11.8 Å². The zero-order valence-corrected chi connectivity index (χ0v) is 14.6. The van der Waals surface area contributed by atoms with Crippen LogP contribution in [0.25, 0.3) is 0 Å². The lowest BCUT2D eigenvalue weighted by Crippen LogP contribution is -2.31. The van der Waals surface area contributed by atoms with Gasteiger partial charge >= 0.3 is 0 Å². The molecule has 1 N–H and O–H groups in total. The second-order valence-corrected chi connectivity index (χ2v) is 6.68. The molecule has 1 unspecified atom stereocenters. The van der Waals surface area contributed by atoms with E-state index in [2.05, 4.69) is 41.6 Å². The first-order valence-electron chi connectivity index (χ1n) is 7.06. The molecule has 0 aliphatic carbocycles. The van der Waals surface area contributed by atoms with Gasteiger partial charge in [-0.2, -0.15) is 5.10 Å². The van der Waals surface area contributed by atoms with Gasteiger partial charge in [0, 0.05) is 30.2 Å². The topological polar surface area (TPSA) is 29.9 Å². The van der Waals surface area contributed by atoms with E-state index in [1.54, 1.807) is 0 Å². The molecule has 2 rings (SSSR count). The Morgan fingerprint density at radius 2 is 2.05 bits per heavy atom. The van der Waals surface area contributed by atoms with E-state index in [4.69, 9.17) is 11.6 Å². The highest BCUT2D eigenvalue weighted by molar-refractivity contribution is 7.99. The molecule has 1 heterocycles. The van der Waals surface area contributed by atoms with Gasteiger partial charge in [0.05, 0.1) is 16.4 Å². The van der Waals surface area contributed by atoms with Gasteiger partial charge < -0.3 is 5.32 Å². The van der Waals surface area contributed by atoms with Gasteiger partial charge in [0.2, 0.25) is 0 Å². The first-order chi connectivity index (χ1) is 10.0. The van der Waals surface area contributed by atoms with E-state index < -0.39 is 0 Å². The first-order valence-corrected chi connectivity index (χ1v) is 8.43. The van der Waals surface area contributed by atoms with E-state index in [0.717, 1.165) is 28.6 Å². The van der Waals surface area contributed by atoms with Crippen LogP contribution in [0.3, 0.4) is 0 Å². The van der Waals surface area contributed by atoms with Crippen LogP contribution < -0.4 is 5.32 Å². The fourth-order valence-electron chi connectivity index (χ4n) is 2.29. The summed E-state index contributed by atoms with van der Waals surface area (Å²) in [5.41, 5.74) is 3.32. The Labute approximate surface area is 136 Å². The van der Waals surface area contributed by atoms with Crippen LogP contribution in [-0.4, -0.2) is 28.6 Å². The van der Waals surface area contributed by atoms with Crippen LogP contribution in [-0.2, 0) is 13.5 Å². The quantitative estimate of drug-likeness (QED) is 0.824. The lowest BCUT2D eigenvalue weighted by atomic mass is 10.2. The van der Waals surface area contributed by atoms with Crippen LogP contribution in [0.1, 0.15) is 17.0 Å². The number of aromatic nitrogens is 2. The Hall–Kier alpha value is -0.970. The molecule has 0 saturated carbocycles. The lowest BCUT2D eigenvalue weighted by Gasteiger charge is -2.17. The fourth-order valence-corrected chi connectivity index (χ4v) is 3.66. The number of likely N-dealkylation sites (N-methyl/N-ethyl adjacent to an activating group) is 1. The zero-order chi connectivity index (χ0) is 15.4. The summed E-state index contributed by atoms with van der Waals surface area (Å²) < 4.78 is 1.89. The van der Waals surface area contributed by atoms with E-state index in [-0.39, 0.29) is 0 Å². The van der Waals surface area contributed by atoms with E-state index >= 15 is 0 Å². The Morgan fingerprint density at radius 3 is 2.62 bits per heavy atom. The van der Waals surface area contributed by atoms with Crippen LogP contribution in [0.2, 0.25) is 5.02 Å². The van der Waals surface area contributed by atoms with Gasteiger partial charge in [0.25, 0.3) is 0 Å². The van der Waals surface area contributed by atoms with Crippen LogP contribution in [0.4, 0.5) is 0 Å². The van der Waals surface area contributed by atoms with E-state index in [9.17, 15) is 0 Å². The maximum absolute atomic E-state index is 6.34. The zero-order valence-electron chi connectivity index (χ0n) is 13.0. The monoisotopic (exact) mass is 323 g/mol. The summed E-state index contributed by atoms with van der Waals surface area (Å²) in [6.45, 7) is 4.10. The van der Waals surface area contributed by atoms with Gasteiger partial charge in [-0.25, -0.2) is 0 Å². The molecule has 0 fully saturated rings. The SMILES string of the molecule is CNC(CSc1ccccc1C)Cc1c(Cl)c(C)nn1C. The number of hydrogen-bond donors (Lipinski definition) is 1. The molecule has 0 aliphatic heterocycles. The number of halogens is 1. The highest BCUT2D eigenvalue weighted by atomic mass is 35.5. The predicted molar refractivity (Wildman–Crippen MR) is 91.4 cm³/mol. The molecule has 0 bridgehead atoms. The van der Waals surface area contributed by atoms with E-state index in [1.807, 2.05) is 37.5 Å². The second-order valence-electron chi connectivity index (χ2n) is 5.24. The highest BCUT2D eigenvalue weighted by Crippen LogP contribution is 2.25. The van der Waals surface area contributed by atoms with Crippen molar-refractivity contribution in [3.05, 3.63) is 46.2 Å². The molecule has 0 spiro atoms. The van der Waals surface area contributed by atoms with Crippen molar-refractivity contribution in [3.63, 3.8) is 0 Å². The molecule has 1 atom stereocenters. The van der Waals surface area contributed by atoms with Crippen molar-refractivity contribution >= 4 is 23.4 Å². The third-order valence-electron chi connectivity index (χ3n) is 3.64. The van der Waals surface area contributed by atoms with Gasteiger partial charge in [-0.3, -0.25) is 4.68 Å².